The van der Waals surface area contributed by atoms with Crippen molar-refractivity contribution >= 4 is 9.84 Å². The first-order valence-corrected chi connectivity index (χ1v) is 8.83. The molecule has 0 aliphatic heterocycles. The molecular weight excluding hydrogens is 385 g/mol. The van der Waals surface area contributed by atoms with Crippen LogP contribution in [0.15, 0.2) is 36.9 Å². The third kappa shape index (κ3) is 3.43. The summed E-state index contributed by atoms with van der Waals surface area (Å²) in [5.41, 5.74) is -5.20. The van der Waals surface area contributed by atoms with Gasteiger partial charge in [0, 0.05) is 0 Å². The first-order valence-electron chi connectivity index (χ1n) is 7.18. The zero-order valence-corrected chi connectivity index (χ0v) is 14.1. The average molecular weight is 399 g/mol. The quantitative estimate of drug-likeness (QED) is 0.753. The van der Waals surface area contributed by atoms with Crippen molar-refractivity contribution in [2.75, 3.05) is 5.75 Å². The van der Waals surface area contributed by atoms with Crippen LogP contribution in [-0.4, -0.2) is 39.3 Å². The Bertz CT molecular complexity index is 851. The molecule has 1 aromatic heterocycles. The molecule has 0 radical (unpaired) electrons. The van der Waals surface area contributed by atoms with Crippen LogP contribution in [0.25, 0.3) is 0 Å². The summed E-state index contributed by atoms with van der Waals surface area (Å²) in [5.74, 6) is -0.986. The second-order valence-electron chi connectivity index (χ2n) is 5.45. The average Bonchev–Trinajstić information content (AvgIpc) is 3.06. The number of hydrogen-bond acceptors (Lipinski definition) is 5. The van der Waals surface area contributed by atoms with E-state index in [4.69, 9.17) is 0 Å². The van der Waals surface area contributed by atoms with E-state index in [2.05, 4.69) is 10.1 Å². The van der Waals surface area contributed by atoms with E-state index in [1.54, 1.807) is 0 Å². The largest absolute Gasteiger partial charge is 0.416 e. The summed E-state index contributed by atoms with van der Waals surface area (Å²) in [4.78, 5) is 3.51. The minimum atomic E-state index is -5.11. The molecule has 2 rings (SSSR count). The van der Waals surface area contributed by atoms with Gasteiger partial charge < -0.3 is 5.11 Å². The number of aromatic nitrogens is 3. The highest BCUT2D eigenvalue weighted by molar-refractivity contribution is 7.92. The molecule has 1 heterocycles. The van der Waals surface area contributed by atoms with Crippen LogP contribution in [0.2, 0.25) is 0 Å². The molecular formula is C14H14F5N3O3S. The molecule has 0 aliphatic carbocycles. The number of sulfone groups is 1. The first-order chi connectivity index (χ1) is 11.8. The van der Waals surface area contributed by atoms with Gasteiger partial charge in [-0.25, -0.2) is 18.1 Å². The summed E-state index contributed by atoms with van der Waals surface area (Å²) in [6.07, 6.45) is -2.79. The number of rotatable bonds is 6. The molecule has 1 N–H and O–H groups in total. The number of alkyl halides is 5. The van der Waals surface area contributed by atoms with E-state index in [1.165, 1.54) is 0 Å². The van der Waals surface area contributed by atoms with Gasteiger partial charge in [0.05, 0.1) is 17.9 Å². The molecule has 0 aliphatic rings. The monoisotopic (exact) mass is 399 g/mol. The SMILES string of the molecule is CCS(=O)(=O)C(F)(F)C(O)(Cn1cncn1)c1ccc(C(F)(F)F)cc1. The lowest BCUT2D eigenvalue weighted by Gasteiger charge is -2.35. The Morgan fingerprint density at radius 2 is 1.62 bits per heavy atom. The zero-order valence-electron chi connectivity index (χ0n) is 13.3. The Hall–Kier alpha value is -2.08. The molecule has 12 heteroatoms. The normalized spacial score (nSPS) is 15.7. The molecule has 6 nitrogen and oxygen atoms in total. The van der Waals surface area contributed by atoms with Crippen LogP contribution in [0.5, 0.6) is 0 Å². The van der Waals surface area contributed by atoms with Crippen LogP contribution in [0.4, 0.5) is 22.0 Å². The van der Waals surface area contributed by atoms with E-state index in [0.29, 0.717) is 24.3 Å². The third-order valence-electron chi connectivity index (χ3n) is 3.80. The second kappa shape index (κ2) is 6.58. The predicted octanol–water partition coefficient (Wildman–Crippen LogP) is 2.21. The highest BCUT2D eigenvalue weighted by atomic mass is 32.2. The molecule has 0 fully saturated rings. The fourth-order valence-electron chi connectivity index (χ4n) is 2.27. The molecule has 1 unspecified atom stereocenters. The second-order valence-corrected chi connectivity index (χ2v) is 7.77. The van der Waals surface area contributed by atoms with E-state index in [-0.39, 0.29) is 0 Å². The zero-order chi connectivity index (χ0) is 19.8. The Labute approximate surface area is 145 Å². The third-order valence-corrected chi connectivity index (χ3v) is 5.68. The number of halogens is 5. The molecule has 26 heavy (non-hydrogen) atoms. The maximum atomic E-state index is 14.7. The standard InChI is InChI=1S/C14H14F5N3O3S/c1-2-26(24,25)14(18,19)12(23,7-22-9-20-8-21-22)10-3-5-11(6-4-10)13(15,16)17/h3-6,8-9,23H,2,7H2,1H3. The summed E-state index contributed by atoms with van der Waals surface area (Å²) in [7, 11) is -5.11. The van der Waals surface area contributed by atoms with Crippen LogP contribution in [0, 0.1) is 0 Å². The van der Waals surface area contributed by atoms with Gasteiger partial charge in [0.25, 0.3) is 0 Å². The van der Waals surface area contributed by atoms with Gasteiger partial charge in [0.15, 0.2) is 5.60 Å². The van der Waals surface area contributed by atoms with Gasteiger partial charge >= 0.3 is 11.4 Å². The highest BCUT2D eigenvalue weighted by Gasteiger charge is 2.62. The van der Waals surface area contributed by atoms with E-state index in [0.717, 1.165) is 24.3 Å². The molecule has 0 saturated carbocycles. The Morgan fingerprint density at radius 1 is 1.08 bits per heavy atom. The van der Waals surface area contributed by atoms with E-state index < -0.39 is 50.3 Å². The minimum absolute atomic E-state index is 0.482. The van der Waals surface area contributed by atoms with Crippen LogP contribution in [-0.2, 0) is 28.2 Å². The predicted molar refractivity (Wildman–Crippen MR) is 79.8 cm³/mol. The van der Waals surface area contributed by atoms with Crippen LogP contribution in [0.1, 0.15) is 18.1 Å². The molecule has 0 saturated heterocycles. The van der Waals surface area contributed by atoms with Crippen molar-refractivity contribution in [3.05, 3.63) is 48.0 Å². The van der Waals surface area contributed by atoms with Crippen molar-refractivity contribution in [3.63, 3.8) is 0 Å². The van der Waals surface area contributed by atoms with Crippen LogP contribution >= 0.6 is 0 Å². The summed E-state index contributed by atoms with van der Waals surface area (Å²) in [6.45, 7) is -0.0729. The lowest BCUT2D eigenvalue weighted by Crippen LogP contribution is -2.53. The summed E-state index contributed by atoms with van der Waals surface area (Å²) in [5, 5.41) is 9.49. The van der Waals surface area contributed by atoms with E-state index in [1.807, 2.05) is 0 Å². The molecule has 1 atom stereocenters. The van der Waals surface area contributed by atoms with Crippen molar-refractivity contribution < 1.29 is 35.5 Å². The Kier molecular flexibility index (Phi) is 5.12. The van der Waals surface area contributed by atoms with Gasteiger partial charge in [-0.3, -0.25) is 0 Å². The molecule has 1 aromatic carbocycles. The lowest BCUT2D eigenvalue weighted by molar-refractivity contribution is -0.144. The van der Waals surface area contributed by atoms with Crippen LogP contribution < -0.4 is 0 Å². The van der Waals surface area contributed by atoms with Crippen molar-refractivity contribution in [3.8, 4) is 0 Å². The van der Waals surface area contributed by atoms with Gasteiger partial charge in [0.1, 0.15) is 12.7 Å². The number of nitrogens with zero attached hydrogens (tertiary/aromatic N) is 3. The maximum Gasteiger partial charge on any atom is 0.416 e. The maximum absolute atomic E-state index is 14.7. The first kappa shape index (κ1) is 20.2. The smallest absolute Gasteiger partial charge is 0.376 e. The summed E-state index contributed by atoms with van der Waals surface area (Å²) in [6, 6.07) is 2.18. The number of aliphatic hydroxyl groups is 1. The molecule has 0 spiro atoms. The van der Waals surface area contributed by atoms with Crippen molar-refractivity contribution in [1.29, 1.82) is 0 Å². The molecule has 2 aromatic rings. The van der Waals surface area contributed by atoms with Gasteiger partial charge in [-0.05, 0) is 17.7 Å². The number of benzene rings is 1. The van der Waals surface area contributed by atoms with E-state index >= 15 is 0 Å². The molecule has 0 bridgehead atoms. The topological polar surface area (TPSA) is 85.1 Å². The highest BCUT2D eigenvalue weighted by Crippen LogP contribution is 2.44. The lowest BCUT2D eigenvalue weighted by atomic mass is 9.92. The van der Waals surface area contributed by atoms with Gasteiger partial charge in [-0.1, -0.05) is 19.1 Å². The summed E-state index contributed by atoms with van der Waals surface area (Å²) >= 11 is 0. The van der Waals surface area contributed by atoms with Gasteiger partial charge in [-0.15, -0.1) is 0 Å². The van der Waals surface area contributed by atoms with Gasteiger partial charge in [0.2, 0.25) is 9.84 Å². The molecule has 144 valence electrons. The van der Waals surface area contributed by atoms with Crippen LogP contribution in [0.3, 0.4) is 0 Å². The van der Waals surface area contributed by atoms with Gasteiger partial charge in [-0.2, -0.15) is 27.1 Å². The molecule has 0 amide bonds. The van der Waals surface area contributed by atoms with Crippen molar-refractivity contribution in [2.45, 2.75) is 30.5 Å². The Balaban J connectivity index is 2.61. The summed E-state index contributed by atoms with van der Waals surface area (Å²) < 4.78 is 92.0. The fourth-order valence-corrected chi connectivity index (χ4v) is 3.33. The fraction of sp³-hybridized carbons (Fsp3) is 0.429. The van der Waals surface area contributed by atoms with Crippen molar-refractivity contribution in [1.82, 2.24) is 14.8 Å². The number of hydrogen-bond donors (Lipinski definition) is 1. The van der Waals surface area contributed by atoms with Crippen molar-refractivity contribution in [2.24, 2.45) is 0 Å². The Morgan fingerprint density at radius 3 is 2.04 bits per heavy atom. The minimum Gasteiger partial charge on any atom is -0.376 e. The van der Waals surface area contributed by atoms with E-state index in [9.17, 15) is 35.5 Å².